The molecule has 0 spiro atoms. The number of benzene rings is 2. The van der Waals surface area contributed by atoms with Crippen molar-refractivity contribution >= 4 is 5.97 Å². The van der Waals surface area contributed by atoms with Crippen LogP contribution in [0.5, 0.6) is 5.75 Å². The Hall–Kier alpha value is -3.03. The van der Waals surface area contributed by atoms with Gasteiger partial charge in [0.05, 0.1) is 0 Å². The van der Waals surface area contributed by atoms with E-state index in [1.165, 1.54) is 0 Å². The van der Waals surface area contributed by atoms with Gasteiger partial charge in [-0.2, -0.15) is 0 Å². The van der Waals surface area contributed by atoms with Crippen LogP contribution in [0.1, 0.15) is 24.2 Å². The number of allylic oxidation sites excluding steroid dienone is 1. The first-order valence-electron chi connectivity index (χ1n) is 8.41. The number of carboxylic acid groups (broad SMARTS) is 1. The van der Waals surface area contributed by atoms with E-state index >= 15 is 0 Å². The molecule has 26 heavy (non-hydrogen) atoms. The molecule has 0 aromatic heterocycles. The third-order valence-electron chi connectivity index (χ3n) is 3.75. The molecule has 0 fully saturated rings. The standard InChI is InChI=1S/C22H22O4/c1-3-5-11-20(18-9-7-6-8-10-18)26-19-14-12-17(13-15-19)16-21(22(23)24)25-4-2/h1,5-15,20-21H,4,16H2,2H3,(H,23,24)/b11-5-/t20?,21-/m0/s1. The number of rotatable bonds is 9. The van der Waals surface area contributed by atoms with Crippen molar-refractivity contribution in [1.29, 1.82) is 0 Å². The maximum Gasteiger partial charge on any atom is 0.333 e. The van der Waals surface area contributed by atoms with Crippen LogP contribution in [-0.4, -0.2) is 23.8 Å². The zero-order valence-electron chi connectivity index (χ0n) is 14.7. The van der Waals surface area contributed by atoms with Gasteiger partial charge in [0.2, 0.25) is 0 Å². The minimum absolute atomic E-state index is 0.298. The zero-order valence-corrected chi connectivity index (χ0v) is 14.7. The number of terminal acetylenes is 1. The highest BCUT2D eigenvalue weighted by Gasteiger charge is 2.18. The number of aliphatic carboxylic acids is 1. The Morgan fingerprint density at radius 1 is 1.19 bits per heavy atom. The largest absolute Gasteiger partial charge is 0.482 e. The molecule has 1 N–H and O–H groups in total. The number of carbonyl (C=O) groups is 1. The van der Waals surface area contributed by atoms with E-state index in [2.05, 4.69) is 5.92 Å². The van der Waals surface area contributed by atoms with E-state index in [0.717, 1.165) is 11.1 Å². The first-order chi connectivity index (χ1) is 12.6. The second kappa shape index (κ2) is 10.1. The summed E-state index contributed by atoms with van der Waals surface area (Å²) in [5.41, 5.74) is 1.86. The monoisotopic (exact) mass is 350 g/mol. The van der Waals surface area contributed by atoms with Crippen LogP contribution in [0, 0.1) is 12.3 Å². The molecule has 0 saturated carbocycles. The molecule has 0 radical (unpaired) electrons. The topological polar surface area (TPSA) is 55.8 Å². The lowest BCUT2D eigenvalue weighted by molar-refractivity contribution is -0.149. The Morgan fingerprint density at radius 3 is 2.46 bits per heavy atom. The fourth-order valence-electron chi connectivity index (χ4n) is 2.49. The van der Waals surface area contributed by atoms with Gasteiger partial charge < -0.3 is 14.6 Å². The minimum atomic E-state index is -0.962. The summed E-state index contributed by atoms with van der Waals surface area (Å²) >= 11 is 0. The summed E-state index contributed by atoms with van der Waals surface area (Å²) in [5.74, 6) is 2.19. The fourth-order valence-corrected chi connectivity index (χ4v) is 2.49. The van der Waals surface area contributed by atoms with Crippen molar-refractivity contribution in [2.24, 2.45) is 0 Å². The average molecular weight is 350 g/mol. The van der Waals surface area contributed by atoms with Crippen LogP contribution in [-0.2, 0) is 16.0 Å². The highest BCUT2D eigenvalue weighted by atomic mass is 16.5. The predicted molar refractivity (Wildman–Crippen MR) is 101 cm³/mol. The normalized spacial score (nSPS) is 13.1. The van der Waals surface area contributed by atoms with E-state index in [9.17, 15) is 9.90 Å². The van der Waals surface area contributed by atoms with Gasteiger partial charge in [0.1, 0.15) is 11.9 Å². The molecule has 0 aliphatic rings. The Balaban J connectivity index is 2.10. The molecule has 4 nitrogen and oxygen atoms in total. The average Bonchev–Trinajstić information content (AvgIpc) is 2.66. The van der Waals surface area contributed by atoms with E-state index in [1.54, 1.807) is 13.0 Å². The third-order valence-corrected chi connectivity index (χ3v) is 3.75. The summed E-state index contributed by atoms with van der Waals surface area (Å²) in [6.07, 6.45) is 7.91. The SMILES string of the molecule is C#C/C=C\C(Oc1ccc(C[C@H](OCC)C(=O)O)cc1)c1ccccc1. The van der Waals surface area contributed by atoms with Gasteiger partial charge >= 0.3 is 5.97 Å². The zero-order chi connectivity index (χ0) is 18.8. The third kappa shape index (κ3) is 5.80. The second-order valence-corrected chi connectivity index (χ2v) is 5.61. The summed E-state index contributed by atoms with van der Waals surface area (Å²) < 4.78 is 11.3. The minimum Gasteiger partial charge on any atom is -0.482 e. The Bertz CT molecular complexity index is 757. The molecule has 0 saturated heterocycles. The summed E-state index contributed by atoms with van der Waals surface area (Å²) in [6, 6.07) is 17.1. The van der Waals surface area contributed by atoms with E-state index in [4.69, 9.17) is 15.9 Å². The van der Waals surface area contributed by atoms with Crippen LogP contribution in [0.25, 0.3) is 0 Å². The molecule has 4 heteroatoms. The fraction of sp³-hybridized carbons (Fsp3) is 0.227. The Morgan fingerprint density at radius 2 is 1.88 bits per heavy atom. The molecule has 2 atom stereocenters. The van der Waals surface area contributed by atoms with Crippen LogP contribution in [0.2, 0.25) is 0 Å². The highest BCUT2D eigenvalue weighted by Crippen LogP contribution is 2.24. The number of hydrogen-bond donors (Lipinski definition) is 1. The molecule has 0 bridgehead atoms. The van der Waals surface area contributed by atoms with Crippen molar-refractivity contribution in [1.82, 2.24) is 0 Å². The first kappa shape index (κ1) is 19.3. The summed E-state index contributed by atoms with van der Waals surface area (Å²) in [4.78, 5) is 11.2. The Kier molecular flexibility index (Phi) is 7.48. The van der Waals surface area contributed by atoms with Gasteiger partial charge in [-0.3, -0.25) is 0 Å². The van der Waals surface area contributed by atoms with Crippen LogP contribution in [0.15, 0.2) is 66.7 Å². The lowest BCUT2D eigenvalue weighted by atomic mass is 10.1. The maximum atomic E-state index is 11.2. The maximum absolute atomic E-state index is 11.2. The van der Waals surface area contributed by atoms with Crippen molar-refractivity contribution in [3.05, 3.63) is 77.9 Å². The van der Waals surface area contributed by atoms with Gasteiger partial charge in [-0.25, -0.2) is 4.79 Å². The van der Waals surface area contributed by atoms with Gasteiger partial charge in [-0.15, -0.1) is 6.42 Å². The van der Waals surface area contributed by atoms with E-state index in [-0.39, 0.29) is 6.10 Å². The van der Waals surface area contributed by atoms with Crippen molar-refractivity contribution < 1.29 is 19.4 Å². The lowest BCUT2D eigenvalue weighted by Crippen LogP contribution is -2.26. The highest BCUT2D eigenvalue weighted by molar-refractivity contribution is 5.72. The van der Waals surface area contributed by atoms with E-state index in [0.29, 0.717) is 18.8 Å². The molecular formula is C22H22O4. The molecule has 0 heterocycles. The predicted octanol–water partition coefficient (Wildman–Crippen LogP) is 4.03. The lowest BCUT2D eigenvalue weighted by Gasteiger charge is -2.17. The number of ether oxygens (including phenoxy) is 2. The van der Waals surface area contributed by atoms with Crippen molar-refractivity contribution in [3.8, 4) is 18.1 Å². The van der Waals surface area contributed by atoms with Crippen molar-refractivity contribution in [2.75, 3.05) is 6.61 Å². The molecule has 134 valence electrons. The smallest absolute Gasteiger partial charge is 0.333 e. The van der Waals surface area contributed by atoms with Crippen LogP contribution >= 0.6 is 0 Å². The van der Waals surface area contributed by atoms with Crippen molar-refractivity contribution in [2.45, 2.75) is 25.6 Å². The molecule has 2 aromatic rings. The van der Waals surface area contributed by atoms with Crippen LogP contribution < -0.4 is 4.74 Å². The molecule has 1 unspecified atom stereocenters. The molecule has 2 aromatic carbocycles. The summed E-state index contributed by atoms with van der Waals surface area (Å²) in [5, 5.41) is 9.17. The van der Waals surface area contributed by atoms with Gasteiger partial charge in [0.25, 0.3) is 0 Å². The van der Waals surface area contributed by atoms with Gasteiger partial charge in [-0.1, -0.05) is 48.4 Å². The number of carboxylic acids is 1. The first-order valence-corrected chi connectivity index (χ1v) is 8.41. The molecule has 0 amide bonds. The quantitative estimate of drug-likeness (QED) is 0.694. The number of hydrogen-bond acceptors (Lipinski definition) is 3. The molecule has 2 rings (SSSR count). The van der Waals surface area contributed by atoms with Gasteiger partial charge in [0.15, 0.2) is 6.10 Å². The van der Waals surface area contributed by atoms with Crippen molar-refractivity contribution in [3.63, 3.8) is 0 Å². The molecule has 0 aliphatic heterocycles. The van der Waals surface area contributed by atoms with E-state index in [1.807, 2.05) is 60.7 Å². The second-order valence-electron chi connectivity index (χ2n) is 5.61. The van der Waals surface area contributed by atoms with E-state index < -0.39 is 12.1 Å². The molecule has 0 aliphatic carbocycles. The summed E-state index contributed by atoms with van der Waals surface area (Å²) in [7, 11) is 0. The summed E-state index contributed by atoms with van der Waals surface area (Å²) in [6.45, 7) is 2.14. The Labute approximate surface area is 154 Å². The molecular weight excluding hydrogens is 328 g/mol. The van der Waals surface area contributed by atoms with Crippen LogP contribution in [0.3, 0.4) is 0 Å². The van der Waals surface area contributed by atoms with Gasteiger partial charge in [-0.05, 0) is 42.3 Å². The van der Waals surface area contributed by atoms with Gasteiger partial charge in [0, 0.05) is 13.0 Å². The van der Waals surface area contributed by atoms with Crippen LogP contribution in [0.4, 0.5) is 0 Å².